The first-order valence-electron chi connectivity index (χ1n) is 7.78. The number of hydrogen-bond acceptors (Lipinski definition) is 2. The van der Waals surface area contributed by atoms with Crippen LogP contribution in [0.1, 0.15) is 57.8 Å². The van der Waals surface area contributed by atoms with Crippen molar-refractivity contribution in [2.45, 2.75) is 69.9 Å². The van der Waals surface area contributed by atoms with Crippen LogP contribution in [0.5, 0.6) is 0 Å². The predicted octanol–water partition coefficient (Wildman–Crippen LogP) is 3.50. The van der Waals surface area contributed by atoms with Gasteiger partial charge < -0.3 is 9.64 Å². The van der Waals surface area contributed by atoms with E-state index in [1.165, 1.54) is 32.1 Å². The minimum absolute atomic E-state index is 0.331. The number of amides is 1. The summed E-state index contributed by atoms with van der Waals surface area (Å²) in [7, 11) is 0. The molecule has 2 atom stereocenters. The summed E-state index contributed by atoms with van der Waals surface area (Å²) in [5.41, 5.74) is 0. The molecule has 0 bridgehead atoms. The molecule has 2 aliphatic rings. The van der Waals surface area contributed by atoms with Crippen LogP contribution in [0.4, 0.5) is 0 Å². The van der Waals surface area contributed by atoms with Crippen LogP contribution < -0.4 is 0 Å². The van der Waals surface area contributed by atoms with E-state index < -0.39 is 0 Å². The Bertz CT molecular complexity index is 277. The highest BCUT2D eigenvalue weighted by Crippen LogP contribution is 2.23. The van der Waals surface area contributed by atoms with E-state index in [0.717, 1.165) is 37.7 Å². The molecule has 2 saturated heterocycles. The summed E-state index contributed by atoms with van der Waals surface area (Å²) in [5, 5.41) is 0.993. The van der Waals surface area contributed by atoms with Crippen molar-refractivity contribution in [1.29, 1.82) is 0 Å². The van der Waals surface area contributed by atoms with Gasteiger partial charge in [0.05, 0.1) is 6.10 Å². The molecule has 2 rings (SSSR count). The number of carbonyl (C=O) groups excluding carboxylic acids is 1. The Kier molecular flexibility index (Phi) is 6.65. The number of halogens is 1. The van der Waals surface area contributed by atoms with Gasteiger partial charge in [-0.2, -0.15) is 0 Å². The van der Waals surface area contributed by atoms with Gasteiger partial charge in [0, 0.05) is 30.9 Å². The van der Waals surface area contributed by atoms with E-state index >= 15 is 0 Å². The Hall–Kier alpha value is -0.0900. The van der Waals surface area contributed by atoms with Crippen molar-refractivity contribution in [1.82, 2.24) is 4.90 Å². The van der Waals surface area contributed by atoms with Gasteiger partial charge in [-0.05, 0) is 51.4 Å². The van der Waals surface area contributed by atoms with Gasteiger partial charge in [-0.25, -0.2) is 0 Å². The SMILES string of the molecule is O=C(CCC1CCCCO1)N1CCCCC1CCBr. The number of likely N-dealkylation sites (tertiary alicyclic amines) is 1. The molecular weight excluding hydrogens is 306 g/mol. The fraction of sp³-hybridized carbons (Fsp3) is 0.933. The normalized spacial score (nSPS) is 28.4. The lowest BCUT2D eigenvalue weighted by atomic mass is 9.98. The summed E-state index contributed by atoms with van der Waals surface area (Å²) >= 11 is 3.51. The summed E-state index contributed by atoms with van der Waals surface area (Å²) in [6, 6.07) is 0.466. The molecule has 2 unspecified atom stereocenters. The molecule has 2 aliphatic heterocycles. The number of ether oxygens (including phenoxy) is 1. The highest BCUT2D eigenvalue weighted by Gasteiger charge is 2.26. The van der Waals surface area contributed by atoms with Gasteiger partial charge in [0.2, 0.25) is 5.91 Å². The molecule has 0 aromatic carbocycles. The van der Waals surface area contributed by atoms with Crippen LogP contribution in [-0.4, -0.2) is 41.4 Å². The third-order valence-electron chi connectivity index (χ3n) is 4.34. The number of carbonyl (C=O) groups is 1. The van der Waals surface area contributed by atoms with Crippen LogP contribution in [0.15, 0.2) is 0 Å². The van der Waals surface area contributed by atoms with Crippen LogP contribution >= 0.6 is 15.9 Å². The first-order chi connectivity index (χ1) is 9.31. The smallest absolute Gasteiger partial charge is 0.222 e. The topological polar surface area (TPSA) is 29.5 Å². The molecule has 110 valence electrons. The van der Waals surface area contributed by atoms with Crippen LogP contribution in [-0.2, 0) is 9.53 Å². The molecule has 2 heterocycles. The Labute approximate surface area is 125 Å². The molecule has 0 spiro atoms. The van der Waals surface area contributed by atoms with E-state index in [4.69, 9.17) is 4.74 Å². The second-order valence-corrected chi connectivity index (χ2v) is 6.53. The molecule has 4 heteroatoms. The maximum atomic E-state index is 12.4. The van der Waals surface area contributed by atoms with E-state index in [-0.39, 0.29) is 0 Å². The maximum absolute atomic E-state index is 12.4. The van der Waals surface area contributed by atoms with E-state index in [1.54, 1.807) is 0 Å². The number of hydrogen-bond donors (Lipinski definition) is 0. The minimum atomic E-state index is 0.331. The van der Waals surface area contributed by atoms with Gasteiger partial charge in [0.1, 0.15) is 0 Å². The monoisotopic (exact) mass is 331 g/mol. The highest BCUT2D eigenvalue weighted by molar-refractivity contribution is 9.09. The van der Waals surface area contributed by atoms with Crippen molar-refractivity contribution in [3.05, 3.63) is 0 Å². The molecule has 19 heavy (non-hydrogen) atoms. The fourth-order valence-electron chi connectivity index (χ4n) is 3.22. The molecule has 3 nitrogen and oxygen atoms in total. The summed E-state index contributed by atoms with van der Waals surface area (Å²) < 4.78 is 5.71. The molecule has 0 aromatic heterocycles. The third-order valence-corrected chi connectivity index (χ3v) is 4.80. The molecule has 0 aromatic rings. The number of piperidine rings is 1. The van der Waals surface area contributed by atoms with Crippen LogP contribution in [0.2, 0.25) is 0 Å². The highest BCUT2D eigenvalue weighted by atomic mass is 79.9. The van der Waals surface area contributed by atoms with Crippen molar-refractivity contribution in [3.63, 3.8) is 0 Å². The number of alkyl halides is 1. The van der Waals surface area contributed by atoms with E-state index in [1.807, 2.05) is 0 Å². The van der Waals surface area contributed by atoms with E-state index in [0.29, 0.717) is 24.5 Å². The van der Waals surface area contributed by atoms with Crippen molar-refractivity contribution < 1.29 is 9.53 Å². The Morgan fingerprint density at radius 1 is 1.16 bits per heavy atom. The molecule has 2 fully saturated rings. The second-order valence-electron chi connectivity index (χ2n) is 5.74. The van der Waals surface area contributed by atoms with Gasteiger partial charge in [-0.15, -0.1) is 0 Å². The van der Waals surface area contributed by atoms with Crippen LogP contribution in [0, 0.1) is 0 Å². The number of rotatable bonds is 5. The third kappa shape index (κ3) is 4.75. The lowest BCUT2D eigenvalue weighted by Gasteiger charge is -2.36. The Morgan fingerprint density at radius 3 is 2.74 bits per heavy atom. The summed E-state index contributed by atoms with van der Waals surface area (Å²) in [6.45, 7) is 1.84. The lowest BCUT2D eigenvalue weighted by Crippen LogP contribution is -2.44. The maximum Gasteiger partial charge on any atom is 0.222 e. The second kappa shape index (κ2) is 8.25. The minimum Gasteiger partial charge on any atom is -0.378 e. The van der Waals surface area contributed by atoms with E-state index in [2.05, 4.69) is 20.8 Å². The van der Waals surface area contributed by atoms with Crippen molar-refractivity contribution in [2.75, 3.05) is 18.5 Å². The Balaban J connectivity index is 1.76. The van der Waals surface area contributed by atoms with Crippen molar-refractivity contribution in [2.24, 2.45) is 0 Å². The largest absolute Gasteiger partial charge is 0.378 e. The zero-order chi connectivity index (χ0) is 13.5. The number of nitrogens with zero attached hydrogens (tertiary/aromatic N) is 1. The molecule has 0 radical (unpaired) electrons. The van der Waals surface area contributed by atoms with Crippen LogP contribution in [0.25, 0.3) is 0 Å². The molecule has 0 aliphatic carbocycles. The molecular formula is C15H26BrNO2. The van der Waals surface area contributed by atoms with Gasteiger partial charge in [0.25, 0.3) is 0 Å². The molecule has 0 saturated carbocycles. The Morgan fingerprint density at radius 2 is 2.00 bits per heavy atom. The molecule has 0 N–H and O–H groups in total. The lowest BCUT2D eigenvalue weighted by molar-refractivity contribution is -0.136. The quantitative estimate of drug-likeness (QED) is 0.721. The van der Waals surface area contributed by atoms with E-state index in [9.17, 15) is 4.79 Å². The zero-order valence-electron chi connectivity index (χ0n) is 11.8. The first kappa shape index (κ1) is 15.3. The molecule has 1 amide bonds. The van der Waals surface area contributed by atoms with Gasteiger partial charge >= 0.3 is 0 Å². The first-order valence-corrected chi connectivity index (χ1v) is 8.90. The summed E-state index contributed by atoms with van der Waals surface area (Å²) in [4.78, 5) is 14.5. The van der Waals surface area contributed by atoms with Crippen molar-refractivity contribution in [3.8, 4) is 0 Å². The summed E-state index contributed by atoms with van der Waals surface area (Å²) in [5.74, 6) is 0.347. The predicted molar refractivity (Wildman–Crippen MR) is 80.6 cm³/mol. The zero-order valence-corrected chi connectivity index (χ0v) is 13.4. The fourth-order valence-corrected chi connectivity index (χ4v) is 3.75. The summed E-state index contributed by atoms with van der Waals surface area (Å²) in [6.07, 6.45) is 10.2. The van der Waals surface area contributed by atoms with Gasteiger partial charge in [-0.1, -0.05) is 15.9 Å². The average Bonchev–Trinajstić information content (AvgIpc) is 2.47. The average molecular weight is 332 g/mol. The standard InChI is InChI=1S/C15H26BrNO2/c16-10-9-13-5-1-3-11-17(13)15(18)8-7-14-6-2-4-12-19-14/h13-14H,1-12H2. The van der Waals surface area contributed by atoms with Crippen LogP contribution in [0.3, 0.4) is 0 Å². The van der Waals surface area contributed by atoms with Gasteiger partial charge in [0.15, 0.2) is 0 Å². The van der Waals surface area contributed by atoms with Gasteiger partial charge in [-0.3, -0.25) is 4.79 Å². The van der Waals surface area contributed by atoms with Crippen molar-refractivity contribution >= 4 is 21.8 Å².